The highest BCUT2D eigenvalue weighted by molar-refractivity contribution is 7.99. The standard InChI is InChI=1S/C20H17N3O3S/c24-18(22-16-9-5-2-6-10-16)14-27-19-12-11-17(26-19)13-21-23-20(25)15-7-3-1-4-8-15/h1-13H,14H2,(H,22,24)(H,23,25). The van der Waals surface area contributed by atoms with E-state index in [1.54, 1.807) is 36.4 Å². The molecule has 0 saturated heterocycles. The smallest absolute Gasteiger partial charge is 0.271 e. The van der Waals surface area contributed by atoms with E-state index in [-0.39, 0.29) is 17.6 Å². The highest BCUT2D eigenvalue weighted by Crippen LogP contribution is 2.20. The first kappa shape index (κ1) is 18.5. The van der Waals surface area contributed by atoms with Crippen LogP contribution in [0.15, 0.2) is 87.4 Å². The molecule has 0 atom stereocenters. The predicted molar refractivity (Wildman–Crippen MR) is 106 cm³/mol. The Morgan fingerprint density at radius 1 is 0.963 bits per heavy atom. The number of furan rings is 1. The largest absolute Gasteiger partial charge is 0.449 e. The van der Waals surface area contributed by atoms with Gasteiger partial charge in [-0.3, -0.25) is 9.59 Å². The van der Waals surface area contributed by atoms with Gasteiger partial charge in [-0.15, -0.1) is 0 Å². The van der Waals surface area contributed by atoms with Crippen LogP contribution in [0.4, 0.5) is 5.69 Å². The van der Waals surface area contributed by atoms with Gasteiger partial charge in [0.05, 0.1) is 12.0 Å². The molecular formula is C20H17N3O3S. The summed E-state index contributed by atoms with van der Waals surface area (Å²) in [4.78, 5) is 23.8. The van der Waals surface area contributed by atoms with Crippen LogP contribution in [-0.4, -0.2) is 23.8 Å². The number of hydrogen-bond acceptors (Lipinski definition) is 5. The van der Waals surface area contributed by atoms with Crippen LogP contribution >= 0.6 is 11.8 Å². The van der Waals surface area contributed by atoms with Gasteiger partial charge >= 0.3 is 0 Å². The maximum Gasteiger partial charge on any atom is 0.271 e. The molecule has 0 aliphatic rings. The Bertz CT molecular complexity index is 924. The Hall–Kier alpha value is -3.32. The maximum absolute atomic E-state index is 11.9. The van der Waals surface area contributed by atoms with Crippen LogP contribution in [0.25, 0.3) is 0 Å². The van der Waals surface area contributed by atoms with Crippen molar-refractivity contribution in [3.63, 3.8) is 0 Å². The molecule has 136 valence electrons. The molecular weight excluding hydrogens is 362 g/mol. The number of benzene rings is 2. The minimum absolute atomic E-state index is 0.118. The lowest BCUT2D eigenvalue weighted by molar-refractivity contribution is -0.113. The first-order chi connectivity index (χ1) is 13.2. The van der Waals surface area contributed by atoms with Gasteiger partial charge in [0, 0.05) is 11.3 Å². The predicted octanol–water partition coefficient (Wildman–Crippen LogP) is 3.77. The van der Waals surface area contributed by atoms with Gasteiger partial charge in [0.1, 0.15) is 5.76 Å². The lowest BCUT2D eigenvalue weighted by atomic mass is 10.2. The molecule has 0 saturated carbocycles. The number of rotatable bonds is 7. The zero-order valence-electron chi connectivity index (χ0n) is 14.3. The van der Waals surface area contributed by atoms with Crippen LogP contribution in [0, 0.1) is 0 Å². The molecule has 2 N–H and O–H groups in total. The third-order valence-electron chi connectivity index (χ3n) is 3.40. The van der Waals surface area contributed by atoms with E-state index < -0.39 is 0 Å². The normalized spacial score (nSPS) is 10.7. The minimum atomic E-state index is -0.300. The summed E-state index contributed by atoms with van der Waals surface area (Å²) in [5, 5.41) is 7.27. The molecule has 27 heavy (non-hydrogen) atoms. The molecule has 0 aliphatic carbocycles. The highest BCUT2D eigenvalue weighted by atomic mass is 32.2. The summed E-state index contributed by atoms with van der Waals surface area (Å²) in [6, 6.07) is 21.5. The van der Waals surface area contributed by atoms with Gasteiger partial charge in [-0.1, -0.05) is 48.2 Å². The molecule has 6 nitrogen and oxygen atoms in total. The summed E-state index contributed by atoms with van der Waals surface area (Å²) < 4.78 is 5.55. The van der Waals surface area contributed by atoms with Gasteiger partial charge in [-0.2, -0.15) is 5.10 Å². The van der Waals surface area contributed by atoms with Crippen molar-refractivity contribution in [3.05, 3.63) is 84.1 Å². The maximum atomic E-state index is 11.9. The molecule has 1 heterocycles. The zero-order valence-corrected chi connectivity index (χ0v) is 15.1. The van der Waals surface area contributed by atoms with Crippen molar-refractivity contribution in [2.75, 3.05) is 11.1 Å². The second-order valence-corrected chi connectivity index (χ2v) is 6.40. The van der Waals surface area contributed by atoms with Crippen LogP contribution < -0.4 is 10.7 Å². The van der Waals surface area contributed by atoms with E-state index in [2.05, 4.69) is 15.8 Å². The van der Waals surface area contributed by atoms with Crippen LogP contribution in [0.3, 0.4) is 0 Å². The van der Waals surface area contributed by atoms with Crippen molar-refractivity contribution in [3.8, 4) is 0 Å². The van der Waals surface area contributed by atoms with Crippen LogP contribution in [-0.2, 0) is 4.79 Å². The average molecular weight is 379 g/mol. The summed E-state index contributed by atoms with van der Waals surface area (Å²) in [6.45, 7) is 0. The minimum Gasteiger partial charge on any atom is -0.449 e. The first-order valence-electron chi connectivity index (χ1n) is 8.17. The number of carbonyl (C=O) groups excluding carboxylic acids is 2. The van der Waals surface area contributed by atoms with Crippen LogP contribution in [0.5, 0.6) is 0 Å². The van der Waals surface area contributed by atoms with E-state index in [0.29, 0.717) is 16.4 Å². The molecule has 0 unspecified atom stereocenters. The van der Waals surface area contributed by atoms with Gasteiger partial charge in [0.2, 0.25) is 5.91 Å². The fourth-order valence-corrected chi connectivity index (χ4v) is 2.81. The fraction of sp³-hybridized carbons (Fsp3) is 0.0500. The Morgan fingerprint density at radius 2 is 1.67 bits per heavy atom. The number of hydrogen-bond donors (Lipinski definition) is 2. The Balaban J connectivity index is 1.45. The van der Waals surface area contributed by atoms with Gasteiger partial charge < -0.3 is 9.73 Å². The molecule has 0 fully saturated rings. The summed E-state index contributed by atoms with van der Waals surface area (Å²) in [7, 11) is 0. The molecule has 2 amide bonds. The summed E-state index contributed by atoms with van der Waals surface area (Å²) in [5.41, 5.74) is 3.71. The van der Waals surface area contributed by atoms with Crippen molar-refractivity contribution in [1.29, 1.82) is 0 Å². The highest BCUT2D eigenvalue weighted by Gasteiger charge is 2.07. The molecule has 0 aliphatic heterocycles. The van der Waals surface area contributed by atoms with E-state index in [1.165, 1.54) is 18.0 Å². The Kier molecular flexibility index (Phi) is 6.43. The van der Waals surface area contributed by atoms with E-state index in [0.717, 1.165) is 5.69 Å². The summed E-state index contributed by atoms with van der Waals surface area (Å²) >= 11 is 1.28. The van der Waals surface area contributed by atoms with Gasteiger partial charge in [0.15, 0.2) is 5.09 Å². The SMILES string of the molecule is O=C(CSc1ccc(C=NNC(=O)c2ccccc2)o1)Nc1ccccc1. The molecule has 7 heteroatoms. The van der Waals surface area contributed by atoms with E-state index in [4.69, 9.17) is 4.42 Å². The van der Waals surface area contributed by atoms with Crippen molar-refractivity contribution >= 4 is 35.5 Å². The zero-order chi connectivity index (χ0) is 18.9. The molecule has 0 spiro atoms. The topological polar surface area (TPSA) is 83.7 Å². The molecule has 3 aromatic rings. The fourth-order valence-electron chi connectivity index (χ4n) is 2.15. The number of nitrogens with zero attached hydrogens (tertiary/aromatic N) is 1. The van der Waals surface area contributed by atoms with Crippen molar-refractivity contribution < 1.29 is 14.0 Å². The molecule has 2 aromatic carbocycles. The van der Waals surface area contributed by atoms with Crippen molar-refractivity contribution in [2.45, 2.75) is 5.09 Å². The second kappa shape index (κ2) is 9.40. The number of amides is 2. The molecule has 1 aromatic heterocycles. The summed E-state index contributed by atoms with van der Waals surface area (Å²) in [5.74, 6) is 0.289. The van der Waals surface area contributed by atoms with Crippen molar-refractivity contribution in [2.24, 2.45) is 5.10 Å². The van der Waals surface area contributed by atoms with Gasteiger partial charge in [0.25, 0.3) is 5.91 Å². The third-order valence-corrected chi connectivity index (χ3v) is 4.31. The average Bonchev–Trinajstić information content (AvgIpc) is 3.15. The number of hydrazone groups is 1. The quantitative estimate of drug-likeness (QED) is 0.372. The Labute approximate surface area is 160 Å². The number of thioether (sulfide) groups is 1. The van der Waals surface area contributed by atoms with E-state index >= 15 is 0 Å². The lowest BCUT2D eigenvalue weighted by Gasteiger charge is -2.03. The second-order valence-electron chi connectivity index (χ2n) is 5.42. The number of anilines is 1. The Morgan fingerprint density at radius 3 is 2.41 bits per heavy atom. The summed E-state index contributed by atoms with van der Waals surface area (Å²) in [6.07, 6.45) is 1.41. The monoisotopic (exact) mass is 379 g/mol. The van der Waals surface area contributed by atoms with Crippen LogP contribution in [0.2, 0.25) is 0 Å². The number of nitrogens with one attached hydrogen (secondary N) is 2. The van der Waals surface area contributed by atoms with Crippen molar-refractivity contribution in [1.82, 2.24) is 5.43 Å². The van der Waals surface area contributed by atoms with E-state index in [9.17, 15) is 9.59 Å². The third kappa shape index (κ3) is 5.86. The number of carbonyl (C=O) groups is 2. The lowest BCUT2D eigenvalue weighted by Crippen LogP contribution is -2.17. The van der Waals surface area contributed by atoms with Crippen LogP contribution in [0.1, 0.15) is 16.1 Å². The molecule has 3 rings (SSSR count). The molecule has 0 radical (unpaired) electrons. The van der Waals surface area contributed by atoms with Gasteiger partial charge in [-0.05, 0) is 36.4 Å². The van der Waals surface area contributed by atoms with E-state index in [1.807, 2.05) is 36.4 Å². The molecule has 0 bridgehead atoms. The van der Waals surface area contributed by atoms with Gasteiger partial charge in [-0.25, -0.2) is 5.43 Å². The first-order valence-corrected chi connectivity index (χ1v) is 9.15. The number of para-hydroxylation sites is 1.